The quantitative estimate of drug-likeness (QED) is 0.530. The lowest BCUT2D eigenvalue weighted by Crippen LogP contribution is -1.98. The van der Waals surface area contributed by atoms with Crippen LogP contribution in [0.1, 0.15) is 5.56 Å². The number of pyridine rings is 1. The van der Waals surface area contributed by atoms with E-state index >= 15 is 0 Å². The summed E-state index contributed by atoms with van der Waals surface area (Å²) in [7, 11) is 4.68. The number of rotatable bonds is 6. The van der Waals surface area contributed by atoms with Crippen LogP contribution in [0.5, 0.6) is 17.2 Å². The Bertz CT molecular complexity index is 957. The van der Waals surface area contributed by atoms with Crippen LogP contribution in [0.4, 0.5) is 0 Å². The Kier molecular flexibility index (Phi) is 5.28. The lowest BCUT2D eigenvalue weighted by molar-refractivity contribution is 0.324. The van der Waals surface area contributed by atoms with Crippen LogP contribution in [0.15, 0.2) is 41.8 Å². The third-order valence-corrected chi connectivity index (χ3v) is 3.86. The van der Waals surface area contributed by atoms with Crippen molar-refractivity contribution in [1.82, 2.24) is 19.9 Å². The van der Waals surface area contributed by atoms with Gasteiger partial charge in [0.05, 0.1) is 27.5 Å². The van der Waals surface area contributed by atoms with E-state index in [1.54, 1.807) is 52.1 Å². The van der Waals surface area contributed by atoms with E-state index in [-0.39, 0.29) is 0 Å². The van der Waals surface area contributed by atoms with Gasteiger partial charge >= 0.3 is 0 Å². The lowest BCUT2D eigenvalue weighted by atomic mass is 10.2. The van der Waals surface area contributed by atoms with Crippen molar-refractivity contribution in [2.45, 2.75) is 0 Å². The number of nitrogens with zero attached hydrogens (tertiary/aromatic N) is 4. The molecular formula is C17H17N5O3S. The van der Waals surface area contributed by atoms with Gasteiger partial charge in [-0.2, -0.15) is 14.9 Å². The first-order valence-corrected chi connectivity index (χ1v) is 8.01. The van der Waals surface area contributed by atoms with Crippen molar-refractivity contribution >= 4 is 18.4 Å². The summed E-state index contributed by atoms with van der Waals surface area (Å²) < 4.78 is 17.9. The molecule has 3 rings (SSSR count). The first-order valence-electron chi connectivity index (χ1n) is 7.60. The molecule has 1 N–H and O–H groups in total. The molecule has 9 heteroatoms. The van der Waals surface area contributed by atoms with E-state index in [0.29, 0.717) is 27.8 Å². The standard InChI is InChI=1S/C17H17N5O3S/c1-23-13-8-11(9-14(24-2)15(13)25-3)10-19-22-16(20-21-17(22)26)12-4-6-18-7-5-12/h4-10H,1-3H3,(H,21,26)/b19-10+. The fourth-order valence-corrected chi connectivity index (χ4v) is 2.57. The number of hydrogen-bond donors (Lipinski definition) is 1. The highest BCUT2D eigenvalue weighted by atomic mass is 32.1. The van der Waals surface area contributed by atoms with Gasteiger partial charge in [-0.25, -0.2) is 5.10 Å². The predicted octanol–water partition coefficient (Wildman–Crippen LogP) is 2.91. The molecule has 2 heterocycles. The number of aromatic amines is 1. The van der Waals surface area contributed by atoms with Gasteiger partial charge in [-0.1, -0.05) is 0 Å². The average Bonchev–Trinajstić information content (AvgIpc) is 3.06. The summed E-state index contributed by atoms with van der Waals surface area (Å²) in [5.74, 6) is 2.18. The van der Waals surface area contributed by atoms with Gasteiger partial charge in [0.25, 0.3) is 0 Å². The first kappa shape index (κ1) is 17.6. The van der Waals surface area contributed by atoms with Crippen molar-refractivity contribution in [3.05, 3.63) is 47.0 Å². The molecule has 0 spiro atoms. The Labute approximate surface area is 155 Å². The zero-order valence-corrected chi connectivity index (χ0v) is 15.3. The van der Waals surface area contributed by atoms with E-state index < -0.39 is 0 Å². The average molecular weight is 371 g/mol. The minimum absolute atomic E-state index is 0.375. The van der Waals surface area contributed by atoms with Crippen LogP contribution >= 0.6 is 12.2 Å². The molecule has 26 heavy (non-hydrogen) atoms. The molecular weight excluding hydrogens is 354 g/mol. The normalized spacial score (nSPS) is 10.9. The van der Waals surface area contributed by atoms with E-state index in [9.17, 15) is 0 Å². The Morgan fingerprint density at radius 2 is 1.73 bits per heavy atom. The van der Waals surface area contributed by atoms with Crippen LogP contribution in [0, 0.1) is 4.77 Å². The molecule has 0 aliphatic heterocycles. The van der Waals surface area contributed by atoms with Gasteiger partial charge in [0.1, 0.15) is 0 Å². The van der Waals surface area contributed by atoms with Crippen molar-refractivity contribution in [2.75, 3.05) is 21.3 Å². The van der Waals surface area contributed by atoms with E-state index in [4.69, 9.17) is 26.4 Å². The molecule has 0 fully saturated rings. The molecule has 3 aromatic rings. The molecule has 0 amide bonds. The highest BCUT2D eigenvalue weighted by Crippen LogP contribution is 2.37. The van der Waals surface area contributed by atoms with Crippen LogP contribution < -0.4 is 14.2 Å². The Morgan fingerprint density at radius 3 is 2.31 bits per heavy atom. The number of hydrogen-bond acceptors (Lipinski definition) is 7. The molecule has 2 aromatic heterocycles. The zero-order valence-electron chi connectivity index (χ0n) is 14.5. The SMILES string of the molecule is COc1cc(/C=N/n2c(-c3ccncc3)n[nH]c2=S)cc(OC)c1OC. The van der Waals surface area contributed by atoms with E-state index in [0.717, 1.165) is 11.1 Å². The van der Waals surface area contributed by atoms with Crippen LogP contribution in [0.2, 0.25) is 0 Å². The highest BCUT2D eigenvalue weighted by molar-refractivity contribution is 7.71. The summed E-state index contributed by atoms with van der Waals surface area (Å²) in [5.41, 5.74) is 1.60. The van der Waals surface area contributed by atoms with Crippen molar-refractivity contribution in [2.24, 2.45) is 5.10 Å². The number of aromatic nitrogens is 4. The summed E-state index contributed by atoms with van der Waals surface area (Å²) >= 11 is 5.27. The van der Waals surface area contributed by atoms with Gasteiger partial charge in [-0.15, -0.1) is 0 Å². The van der Waals surface area contributed by atoms with E-state index in [2.05, 4.69) is 20.3 Å². The van der Waals surface area contributed by atoms with Crippen molar-refractivity contribution in [3.8, 4) is 28.6 Å². The van der Waals surface area contributed by atoms with Gasteiger partial charge in [-0.05, 0) is 36.5 Å². The molecule has 0 saturated heterocycles. The fraction of sp³-hybridized carbons (Fsp3) is 0.176. The molecule has 0 radical (unpaired) electrons. The smallest absolute Gasteiger partial charge is 0.216 e. The monoisotopic (exact) mass is 371 g/mol. The second-order valence-electron chi connectivity index (χ2n) is 5.10. The summed E-state index contributed by atoms with van der Waals surface area (Å²) in [6.07, 6.45) is 5.00. The molecule has 1 aromatic carbocycles. The number of H-pyrrole nitrogens is 1. The highest BCUT2D eigenvalue weighted by Gasteiger charge is 2.13. The van der Waals surface area contributed by atoms with Crippen molar-refractivity contribution in [1.29, 1.82) is 0 Å². The summed E-state index contributed by atoms with van der Waals surface area (Å²) in [5, 5.41) is 11.4. The van der Waals surface area contributed by atoms with Crippen LogP contribution in [0.25, 0.3) is 11.4 Å². The maximum atomic E-state index is 5.35. The molecule has 8 nitrogen and oxygen atoms in total. The van der Waals surface area contributed by atoms with E-state index in [1.165, 1.54) is 4.68 Å². The Hall–Kier alpha value is -3.20. The number of ether oxygens (including phenoxy) is 3. The molecule has 0 unspecified atom stereocenters. The zero-order chi connectivity index (χ0) is 18.5. The van der Waals surface area contributed by atoms with Gasteiger partial charge in [0, 0.05) is 23.5 Å². The number of benzene rings is 1. The Morgan fingerprint density at radius 1 is 1.08 bits per heavy atom. The van der Waals surface area contributed by atoms with E-state index in [1.807, 2.05) is 12.1 Å². The lowest BCUT2D eigenvalue weighted by Gasteiger charge is -2.12. The second kappa shape index (κ2) is 7.79. The topological polar surface area (TPSA) is 86.6 Å². The van der Waals surface area contributed by atoms with Crippen molar-refractivity contribution < 1.29 is 14.2 Å². The van der Waals surface area contributed by atoms with Crippen molar-refractivity contribution in [3.63, 3.8) is 0 Å². The number of nitrogens with one attached hydrogen (secondary N) is 1. The molecule has 0 bridgehead atoms. The number of methoxy groups -OCH3 is 3. The van der Waals surface area contributed by atoms with Crippen LogP contribution in [-0.4, -0.2) is 47.4 Å². The van der Waals surface area contributed by atoms with Gasteiger partial charge in [-0.3, -0.25) is 4.98 Å². The van der Waals surface area contributed by atoms with Crippen LogP contribution in [0.3, 0.4) is 0 Å². The third-order valence-electron chi connectivity index (χ3n) is 3.60. The molecule has 0 saturated carbocycles. The first-order chi connectivity index (χ1) is 12.7. The summed E-state index contributed by atoms with van der Waals surface area (Å²) in [6.45, 7) is 0. The van der Waals surface area contributed by atoms with Crippen LogP contribution in [-0.2, 0) is 0 Å². The largest absolute Gasteiger partial charge is 0.493 e. The van der Waals surface area contributed by atoms with Gasteiger partial charge in [0.15, 0.2) is 17.3 Å². The molecule has 0 aliphatic rings. The predicted molar refractivity (Wildman–Crippen MR) is 99.7 cm³/mol. The maximum Gasteiger partial charge on any atom is 0.216 e. The Balaban J connectivity index is 2.02. The maximum absolute atomic E-state index is 5.35. The summed E-state index contributed by atoms with van der Waals surface area (Å²) in [6, 6.07) is 7.24. The van der Waals surface area contributed by atoms with Gasteiger partial charge in [0.2, 0.25) is 10.5 Å². The molecule has 134 valence electrons. The summed E-state index contributed by atoms with van der Waals surface area (Å²) in [4.78, 5) is 4.00. The second-order valence-corrected chi connectivity index (χ2v) is 5.49. The molecule has 0 aliphatic carbocycles. The fourth-order valence-electron chi connectivity index (χ4n) is 2.39. The third kappa shape index (κ3) is 3.42. The van der Waals surface area contributed by atoms with Gasteiger partial charge < -0.3 is 14.2 Å². The minimum atomic E-state index is 0.375. The molecule has 0 atom stereocenters. The minimum Gasteiger partial charge on any atom is -0.493 e.